The molecule has 12 nitrogen and oxygen atoms in total. The van der Waals surface area contributed by atoms with E-state index in [1.165, 1.54) is 0 Å². The quantitative estimate of drug-likeness (QED) is 0.0705. The molecule has 0 spiro atoms. The minimum Gasteiger partial charge on any atom is -1.00 e. The summed E-state index contributed by atoms with van der Waals surface area (Å²) in [6.07, 6.45) is 8.56. The third kappa shape index (κ3) is 27.4. The average Bonchev–Trinajstić information content (AvgIpc) is 3.17. The van der Waals surface area contributed by atoms with Crippen LogP contribution in [0.5, 0.6) is 17.2 Å². The Bertz CT molecular complexity index is 1460. The molecular formula is C38H47Cl4K2N3O9. The fourth-order valence-electron chi connectivity index (χ4n) is 5.35. The third-order valence-corrected chi connectivity index (χ3v) is 9.01. The predicted octanol–water partition coefficient (Wildman–Crippen LogP) is 0.340. The van der Waals surface area contributed by atoms with E-state index in [0.717, 1.165) is 51.4 Å². The molecular weight excluding hydrogens is 862 g/mol. The van der Waals surface area contributed by atoms with Crippen LogP contribution in [0.15, 0.2) is 72.8 Å². The zero-order valence-electron chi connectivity index (χ0n) is 32.6. The van der Waals surface area contributed by atoms with Crippen molar-refractivity contribution in [1.29, 1.82) is 0 Å². The van der Waals surface area contributed by atoms with Crippen molar-refractivity contribution in [2.75, 3.05) is 19.8 Å². The van der Waals surface area contributed by atoms with Gasteiger partial charge < -0.3 is 42.6 Å². The van der Waals surface area contributed by atoms with Crippen molar-refractivity contribution in [3.8, 4) is 17.2 Å². The monoisotopic (exact) mass is 907 g/mol. The zero-order valence-corrected chi connectivity index (χ0v) is 40.9. The Morgan fingerprint density at radius 3 is 1.38 bits per heavy atom. The van der Waals surface area contributed by atoms with Crippen LogP contribution in [-0.2, 0) is 24.1 Å². The Morgan fingerprint density at radius 2 is 1.02 bits per heavy atom. The largest absolute Gasteiger partial charge is 1.00 e. The zero-order chi connectivity index (χ0) is 39.7. The molecule has 3 aromatic carbocycles. The normalized spacial score (nSPS) is 18.0. The van der Waals surface area contributed by atoms with Crippen LogP contribution in [0, 0.1) is 5.92 Å². The van der Waals surface area contributed by atoms with E-state index < -0.39 is 5.24 Å². The van der Waals surface area contributed by atoms with Crippen molar-refractivity contribution in [3.05, 3.63) is 87.9 Å². The van der Waals surface area contributed by atoms with Gasteiger partial charge >= 0.3 is 103 Å². The number of benzene rings is 3. The molecule has 0 atom stereocenters. The molecule has 0 unspecified atom stereocenters. The number of carbonyl (C=O) groups is 4. The molecule has 0 saturated heterocycles. The van der Waals surface area contributed by atoms with Gasteiger partial charge in [0.15, 0.2) is 19.0 Å². The van der Waals surface area contributed by atoms with Crippen LogP contribution in [0.25, 0.3) is 0 Å². The first kappa shape index (κ1) is 55.7. The van der Waals surface area contributed by atoms with Crippen LogP contribution in [-0.4, -0.2) is 61.4 Å². The van der Waals surface area contributed by atoms with Crippen molar-refractivity contribution >= 4 is 69.8 Å². The minimum absolute atomic E-state index is 0. The Labute approximate surface area is 434 Å². The molecule has 0 heterocycles. The summed E-state index contributed by atoms with van der Waals surface area (Å²) in [5.41, 5.74) is 11.3. The molecule has 5 rings (SSSR count). The van der Waals surface area contributed by atoms with Gasteiger partial charge in [-0.15, -0.1) is 0 Å². The van der Waals surface area contributed by atoms with Gasteiger partial charge in [-0.25, -0.2) is 0 Å². The molecule has 3 aromatic rings. The van der Waals surface area contributed by atoms with Gasteiger partial charge in [0.05, 0.1) is 0 Å². The minimum atomic E-state index is -0.523. The third-order valence-electron chi connectivity index (χ3n) is 8.15. The Hall–Kier alpha value is -0.347. The molecule has 0 aliphatic heterocycles. The van der Waals surface area contributed by atoms with Gasteiger partial charge in [-0.3, -0.25) is 19.2 Å². The number of hydrogen-bond acceptors (Lipinski definition) is 11. The molecule has 5 N–H and O–H groups in total. The van der Waals surface area contributed by atoms with Crippen molar-refractivity contribution < 1.29 is 148 Å². The Balaban J connectivity index is 0. The number of nitrogens with one attached hydrogen (secondary N) is 1. The second-order valence-electron chi connectivity index (χ2n) is 12.5. The predicted molar refractivity (Wildman–Crippen MR) is 208 cm³/mol. The molecule has 2 fully saturated rings. The topological polar surface area (TPSA) is 192 Å². The standard InChI is InChI=1S/C23H25Cl2NO4.C8H6Cl2O2.C6H14N2.CH2O3.2K.H/c24-17-3-9-21(10-4-17)29-14-20(27)13-16-1-7-19(8-2-16)26-23(28)15-30-22-11-5-18(25)6-12-22;9-6-1-3-7(4-2-6)12-5-8(10)11;7-5-1-2-6(8)4-3-5;2-1-4-3;;;/h3-6,9-12,16,19H,1-2,7-8,13-15H2,(H,26,28);1-4H,5H2;5-6H,1-4,7-8H2;1,3H;;;/q;;;;2*+1;-1/p-1. The number of Topliss-reactive ketones (excluding diaryl/α,β-unsaturated/α-hetero) is 1. The van der Waals surface area contributed by atoms with E-state index in [-0.39, 0.29) is 148 Å². The van der Waals surface area contributed by atoms with Crippen LogP contribution < -0.4 is 139 Å². The molecule has 18 heteroatoms. The smallest absolute Gasteiger partial charge is 1.00 e. The maximum atomic E-state index is 12.2. The molecule has 2 aliphatic carbocycles. The van der Waals surface area contributed by atoms with E-state index in [9.17, 15) is 14.4 Å². The van der Waals surface area contributed by atoms with Crippen molar-refractivity contribution in [2.24, 2.45) is 17.4 Å². The molecule has 0 bridgehead atoms. The van der Waals surface area contributed by atoms with E-state index in [0.29, 0.717) is 56.7 Å². The molecule has 56 heavy (non-hydrogen) atoms. The molecule has 2 aliphatic rings. The fraction of sp³-hybridized carbons (Fsp3) is 0.421. The molecule has 298 valence electrons. The second kappa shape index (κ2) is 33.4. The summed E-state index contributed by atoms with van der Waals surface area (Å²) >= 11 is 22.4. The van der Waals surface area contributed by atoms with Gasteiger partial charge in [-0.2, -0.15) is 0 Å². The first-order chi connectivity index (χ1) is 25.9. The van der Waals surface area contributed by atoms with Crippen LogP contribution in [0.3, 0.4) is 0 Å². The van der Waals surface area contributed by atoms with Crippen molar-refractivity contribution in [2.45, 2.75) is 75.9 Å². The summed E-state index contributed by atoms with van der Waals surface area (Å²) in [5, 5.41) is 12.8. The van der Waals surface area contributed by atoms with Gasteiger partial charge in [-0.1, -0.05) is 34.8 Å². The number of halogens is 4. The summed E-state index contributed by atoms with van der Waals surface area (Å²) < 4.78 is 16.0. The van der Waals surface area contributed by atoms with Crippen LogP contribution in [0.2, 0.25) is 15.1 Å². The molecule has 0 radical (unpaired) electrons. The number of ketones is 1. The number of rotatable bonds is 13. The van der Waals surface area contributed by atoms with E-state index in [1.807, 2.05) is 0 Å². The molecule has 1 amide bonds. The van der Waals surface area contributed by atoms with Crippen molar-refractivity contribution in [1.82, 2.24) is 5.32 Å². The number of nitrogens with two attached hydrogens (primary N) is 2. The maximum Gasteiger partial charge on any atom is 1.00 e. The first-order valence-electron chi connectivity index (χ1n) is 17.2. The summed E-state index contributed by atoms with van der Waals surface area (Å²) in [6, 6.07) is 21.6. The van der Waals surface area contributed by atoms with Gasteiger partial charge in [0.2, 0.25) is 0 Å². The Morgan fingerprint density at radius 1 is 0.661 bits per heavy atom. The maximum absolute atomic E-state index is 12.2. The van der Waals surface area contributed by atoms with Crippen LogP contribution in [0.1, 0.15) is 59.2 Å². The molecule has 2 saturated carbocycles. The summed E-state index contributed by atoms with van der Waals surface area (Å²) in [6.45, 7) is -0.258. The first-order valence-corrected chi connectivity index (χ1v) is 18.8. The van der Waals surface area contributed by atoms with E-state index in [2.05, 4.69) is 10.2 Å². The van der Waals surface area contributed by atoms with Crippen molar-refractivity contribution in [3.63, 3.8) is 0 Å². The average molecular weight is 910 g/mol. The summed E-state index contributed by atoms with van der Waals surface area (Å²) in [7, 11) is 0. The number of amides is 1. The molecule has 0 aromatic heterocycles. The number of ether oxygens (including phenoxy) is 3. The van der Waals surface area contributed by atoms with Crippen LogP contribution >= 0.6 is 46.4 Å². The van der Waals surface area contributed by atoms with Gasteiger partial charge in [0.1, 0.15) is 23.9 Å². The van der Waals surface area contributed by atoms with E-state index in [1.54, 1.807) is 72.8 Å². The second-order valence-corrected chi connectivity index (χ2v) is 14.2. The van der Waals surface area contributed by atoms with E-state index in [4.69, 9.17) is 82.1 Å². The number of hydrogen-bond donors (Lipinski definition) is 3. The summed E-state index contributed by atoms with van der Waals surface area (Å²) in [4.78, 5) is 45.9. The number of carbonyl (C=O) groups excluding carboxylic acids is 4. The van der Waals surface area contributed by atoms with Gasteiger partial charge in [0.25, 0.3) is 17.6 Å². The Kier molecular flexibility index (Phi) is 33.2. The van der Waals surface area contributed by atoms with E-state index >= 15 is 0 Å². The summed E-state index contributed by atoms with van der Waals surface area (Å²) in [5.74, 6) is 2.12. The fourth-order valence-corrected chi connectivity index (χ4v) is 5.78. The SMILES string of the molecule is NC1CCC(N)CC1.O=C(COc1ccc(Cl)cc1)CC1CCC(NC(=O)COc2ccc(Cl)cc2)CC1.O=C(Cl)COc1ccc(Cl)cc1.O=CO[O-].[H-].[K+].[K+]. The van der Waals surface area contributed by atoms with Gasteiger partial charge in [-0.05, 0) is 142 Å². The van der Waals surface area contributed by atoms with Gasteiger partial charge in [0, 0.05) is 39.6 Å². The van der Waals surface area contributed by atoms with Crippen LogP contribution in [0.4, 0.5) is 0 Å².